The Morgan fingerprint density at radius 2 is 1.75 bits per heavy atom. The van der Waals surface area contributed by atoms with Crippen molar-refractivity contribution >= 4 is 34.8 Å². The lowest BCUT2D eigenvalue weighted by atomic mass is 9.79. The molecule has 0 aliphatic heterocycles. The Kier molecular flexibility index (Phi) is 5.35. The van der Waals surface area contributed by atoms with Crippen molar-refractivity contribution in [2.75, 3.05) is 11.8 Å². The summed E-state index contributed by atoms with van der Waals surface area (Å²) in [6, 6.07) is 2.25. The van der Waals surface area contributed by atoms with Crippen LogP contribution in [-0.2, 0) is 10.4 Å². The molecule has 1 aliphatic carbocycles. The minimum atomic E-state index is -2.24. The van der Waals surface area contributed by atoms with Crippen LogP contribution in [0.4, 0.5) is 0 Å². The topological polar surface area (TPSA) is 115 Å². The van der Waals surface area contributed by atoms with Gasteiger partial charge in [0.2, 0.25) is 0 Å². The lowest BCUT2D eigenvalue weighted by Crippen LogP contribution is -2.40. The highest BCUT2D eigenvalue weighted by atomic mass is 35.5. The van der Waals surface area contributed by atoms with Crippen molar-refractivity contribution in [3.05, 3.63) is 47.1 Å². The van der Waals surface area contributed by atoms with E-state index in [-0.39, 0.29) is 17.0 Å². The van der Waals surface area contributed by atoms with Crippen molar-refractivity contribution in [1.82, 2.24) is 0 Å². The van der Waals surface area contributed by atoms with Crippen LogP contribution in [-0.4, -0.2) is 49.9 Å². The van der Waals surface area contributed by atoms with Crippen molar-refractivity contribution in [1.29, 1.82) is 0 Å². The van der Waals surface area contributed by atoms with Gasteiger partial charge in [-0.25, -0.2) is 0 Å². The largest absolute Gasteiger partial charge is 0.504 e. The lowest BCUT2D eigenvalue weighted by molar-refractivity contribution is -0.113. The molecular formula is C16H14Cl2O6. The fourth-order valence-electron chi connectivity index (χ4n) is 2.45. The third kappa shape index (κ3) is 3.06. The normalized spacial score (nSPS) is 23.0. The van der Waals surface area contributed by atoms with Crippen LogP contribution in [0.5, 0.6) is 11.5 Å². The van der Waals surface area contributed by atoms with Crippen LogP contribution >= 0.6 is 23.2 Å². The molecule has 2 atom stereocenters. The van der Waals surface area contributed by atoms with E-state index in [0.29, 0.717) is 0 Å². The minimum absolute atomic E-state index is 0.0760. The number of hydrogen-bond acceptors (Lipinski definition) is 6. The van der Waals surface area contributed by atoms with E-state index in [2.05, 4.69) is 0 Å². The van der Waals surface area contributed by atoms with Crippen molar-refractivity contribution in [2.45, 2.75) is 11.7 Å². The molecular weight excluding hydrogens is 359 g/mol. The molecule has 0 amide bonds. The molecule has 0 saturated heterocycles. The van der Waals surface area contributed by atoms with E-state index in [1.165, 1.54) is 12.1 Å². The third-order valence-corrected chi connectivity index (χ3v) is 4.21. The number of rotatable bonds is 5. The number of aromatic hydroxyl groups is 2. The zero-order valence-corrected chi connectivity index (χ0v) is 13.8. The van der Waals surface area contributed by atoms with Crippen LogP contribution in [0.3, 0.4) is 0 Å². The second-order valence-electron chi connectivity index (χ2n) is 5.19. The molecule has 1 aromatic rings. The molecule has 0 bridgehead atoms. The number of aliphatic hydroxyl groups excluding tert-OH is 1. The van der Waals surface area contributed by atoms with Gasteiger partial charge in [0.05, 0.1) is 11.8 Å². The van der Waals surface area contributed by atoms with E-state index < -0.39 is 46.2 Å². The first kappa shape index (κ1) is 18.5. The molecule has 0 fully saturated rings. The average molecular weight is 373 g/mol. The highest BCUT2D eigenvalue weighted by Crippen LogP contribution is 2.43. The summed E-state index contributed by atoms with van der Waals surface area (Å²) in [5.74, 6) is -3.18. The van der Waals surface area contributed by atoms with Crippen molar-refractivity contribution in [3.8, 4) is 11.5 Å². The standard InChI is InChI=1S/C16H14Cl2O6/c17-6-11(20)8-3-4-16(24,13(22)5-8)14-9(12(21)7-18)1-2-10(19)15(14)23/h1-5,13,19,22-24H,6-7H2. The van der Waals surface area contributed by atoms with Gasteiger partial charge in [-0.3, -0.25) is 9.59 Å². The Balaban J connectivity index is 2.62. The number of Topliss-reactive ketones (excluding diaryl/α,β-unsaturated/α-hetero) is 2. The summed E-state index contributed by atoms with van der Waals surface area (Å²) in [4.78, 5) is 23.6. The highest BCUT2D eigenvalue weighted by molar-refractivity contribution is 6.31. The maximum absolute atomic E-state index is 12.0. The molecule has 1 aliphatic rings. The molecule has 4 N–H and O–H groups in total. The molecule has 0 heterocycles. The highest BCUT2D eigenvalue weighted by Gasteiger charge is 2.42. The molecule has 0 spiro atoms. The van der Waals surface area contributed by atoms with Gasteiger partial charge in [-0.15, -0.1) is 23.2 Å². The fraction of sp³-hybridized carbons (Fsp3) is 0.250. The predicted molar refractivity (Wildman–Crippen MR) is 87.7 cm³/mol. The molecule has 2 rings (SSSR count). The molecule has 2 unspecified atom stereocenters. The van der Waals surface area contributed by atoms with Crippen LogP contribution in [0.2, 0.25) is 0 Å². The van der Waals surface area contributed by atoms with E-state index in [0.717, 1.165) is 18.2 Å². The number of carbonyl (C=O) groups is 2. The summed E-state index contributed by atoms with van der Waals surface area (Å²) >= 11 is 11.0. The van der Waals surface area contributed by atoms with E-state index in [9.17, 15) is 30.0 Å². The SMILES string of the molecule is O=C(CCl)C1=CC(O)C(O)(c2c(C(=O)CCl)ccc(O)c2O)C=C1. The van der Waals surface area contributed by atoms with E-state index >= 15 is 0 Å². The summed E-state index contributed by atoms with van der Waals surface area (Å²) in [7, 11) is 0. The molecule has 0 saturated carbocycles. The van der Waals surface area contributed by atoms with Gasteiger partial charge < -0.3 is 20.4 Å². The van der Waals surface area contributed by atoms with Crippen molar-refractivity contribution < 1.29 is 30.0 Å². The molecule has 6 nitrogen and oxygen atoms in total. The van der Waals surface area contributed by atoms with Gasteiger partial charge in [-0.2, -0.15) is 0 Å². The van der Waals surface area contributed by atoms with E-state index in [1.807, 2.05) is 0 Å². The van der Waals surface area contributed by atoms with Crippen LogP contribution in [0.1, 0.15) is 15.9 Å². The molecule has 1 aromatic carbocycles. The lowest BCUT2D eigenvalue weighted by Gasteiger charge is -2.33. The number of phenolic OH excluding ortho intramolecular Hbond substituents is 2. The molecule has 0 aromatic heterocycles. The molecule has 24 heavy (non-hydrogen) atoms. The van der Waals surface area contributed by atoms with Gasteiger partial charge in [0, 0.05) is 16.7 Å². The van der Waals surface area contributed by atoms with Gasteiger partial charge in [0.15, 0.2) is 23.1 Å². The zero-order chi connectivity index (χ0) is 18.1. The third-order valence-electron chi connectivity index (χ3n) is 3.73. The Morgan fingerprint density at radius 1 is 1.12 bits per heavy atom. The van der Waals surface area contributed by atoms with Gasteiger partial charge >= 0.3 is 0 Å². The number of hydrogen-bond donors (Lipinski definition) is 4. The predicted octanol–water partition coefficient (Wildman–Crippen LogP) is 1.37. The van der Waals surface area contributed by atoms with Crippen molar-refractivity contribution in [3.63, 3.8) is 0 Å². The number of halogens is 2. The Hall–Kier alpha value is -1.86. The number of aliphatic hydroxyl groups is 2. The second-order valence-corrected chi connectivity index (χ2v) is 5.73. The molecule has 0 radical (unpaired) electrons. The van der Waals surface area contributed by atoms with E-state index in [4.69, 9.17) is 23.2 Å². The van der Waals surface area contributed by atoms with Crippen LogP contribution in [0.25, 0.3) is 0 Å². The Morgan fingerprint density at radius 3 is 2.29 bits per heavy atom. The molecule has 128 valence electrons. The summed E-state index contributed by atoms with van der Waals surface area (Å²) in [6.07, 6.45) is 1.66. The summed E-state index contributed by atoms with van der Waals surface area (Å²) in [5.41, 5.74) is -2.72. The number of benzene rings is 1. The first-order valence-electron chi connectivity index (χ1n) is 6.81. The average Bonchev–Trinajstić information content (AvgIpc) is 2.58. The van der Waals surface area contributed by atoms with Crippen LogP contribution < -0.4 is 0 Å². The van der Waals surface area contributed by atoms with Crippen LogP contribution in [0.15, 0.2) is 35.9 Å². The Bertz CT molecular complexity index is 755. The van der Waals surface area contributed by atoms with Gasteiger partial charge in [0.25, 0.3) is 0 Å². The van der Waals surface area contributed by atoms with Gasteiger partial charge in [-0.05, 0) is 24.3 Å². The van der Waals surface area contributed by atoms with Crippen LogP contribution in [0, 0.1) is 0 Å². The van der Waals surface area contributed by atoms with E-state index in [1.54, 1.807) is 0 Å². The summed E-state index contributed by atoms with van der Waals surface area (Å²) in [6.45, 7) is 0. The number of carbonyl (C=O) groups excluding carboxylic acids is 2. The summed E-state index contributed by atoms with van der Waals surface area (Å²) < 4.78 is 0. The maximum atomic E-state index is 12.0. The zero-order valence-electron chi connectivity index (χ0n) is 12.2. The Labute approximate surface area is 147 Å². The number of phenols is 2. The quantitative estimate of drug-likeness (QED) is 0.352. The van der Waals surface area contributed by atoms with Crippen molar-refractivity contribution in [2.24, 2.45) is 0 Å². The maximum Gasteiger partial charge on any atom is 0.178 e. The second kappa shape index (κ2) is 6.94. The summed E-state index contributed by atoms with van der Waals surface area (Å²) in [5, 5.41) is 40.9. The van der Waals surface area contributed by atoms with Gasteiger partial charge in [0.1, 0.15) is 11.7 Å². The smallest absolute Gasteiger partial charge is 0.178 e. The van der Waals surface area contributed by atoms with Gasteiger partial charge in [-0.1, -0.05) is 6.08 Å². The first-order chi connectivity index (χ1) is 11.3. The minimum Gasteiger partial charge on any atom is -0.504 e. The molecule has 8 heteroatoms. The number of ketones is 2. The monoisotopic (exact) mass is 372 g/mol. The number of allylic oxidation sites excluding steroid dienone is 2. The first-order valence-corrected chi connectivity index (χ1v) is 7.88. The number of alkyl halides is 2. The fourth-order valence-corrected chi connectivity index (χ4v) is 2.75.